The Morgan fingerprint density at radius 3 is 2.24 bits per heavy atom. The number of carboxylic acid groups (broad SMARTS) is 1. The fourth-order valence-corrected chi connectivity index (χ4v) is 4.58. The number of rotatable bonds is 9. The third-order valence-electron chi connectivity index (χ3n) is 5.39. The van der Waals surface area contributed by atoms with E-state index in [-0.39, 0.29) is 22.0 Å². The Balaban J connectivity index is 1.70. The molecule has 3 aromatic rings. The van der Waals surface area contributed by atoms with Crippen LogP contribution < -0.4 is 5.32 Å². The molecular formula is C26H24Cl3NO4. The molecule has 1 unspecified atom stereocenters. The Morgan fingerprint density at radius 1 is 0.941 bits per heavy atom. The third-order valence-corrected chi connectivity index (χ3v) is 6.23. The summed E-state index contributed by atoms with van der Waals surface area (Å²) in [4.78, 5) is 24.6. The first-order chi connectivity index (χ1) is 16.1. The number of aryl methyl sites for hydroxylation is 2. The standard InChI is InChI=1S/C26H24Cl3NO4/c1-15-4-2-5-16(10-15)13-22(26(33)34)30-25(32)24-20(28)11-17(12-21(24)29)8-9-23(31)18-6-3-7-19(27)14-18/h2-7,10-12,14,22-23,31H,8-9,13H2,1H3,(H,30,32)(H,33,34)/t22-,23?/m0/s1. The summed E-state index contributed by atoms with van der Waals surface area (Å²) in [6.07, 6.45) is 0.255. The second-order valence-electron chi connectivity index (χ2n) is 8.10. The number of hydrogen-bond donors (Lipinski definition) is 3. The number of amides is 1. The molecule has 178 valence electrons. The van der Waals surface area contributed by atoms with Gasteiger partial charge in [-0.1, -0.05) is 76.8 Å². The average molecular weight is 521 g/mol. The highest BCUT2D eigenvalue weighted by Crippen LogP contribution is 2.29. The van der Waals surface area contributed by atoms with Gasteiger partial charge in [-0.2, -0.15) is 0 Å². The Hall–Kier alpha value is -2.57. The number of aliphatic carboxylic acids is 1. The van der Waals surface area contributed by atoms with Gasteiger partial charge >= 0.3 is 5.97 Å². The quantitative estimate of drug-likeness (QED) is 0.321. The van der Waals surface area contributed by atoms with Crippen molar-refractivity contribution in [2.24, 2.45) is 0 Å². The molecule has 3 N–H and O–H groups in total. The van der Waals surface area contributed by atoms with Crippen molar-refractivity contribution in [2.45, 2.75) is 38.3 Å². The number of halogens is 3. The first-order valence-corrected chi connectivity index (χ1v) is 11.8. The molecule has 0 saturated carbocycles. The van der Waals surface area contributed by atoms with Crippen LogP contribution in [0.5, 0.6) is 0 Å². The number of aliphatic hydroxyl groups is 1. The lowest BCUT2D eigenvalue weighted by Crippen LogP contribution is -2.42. The maximum absolute atomic E-state index is 12.9. The molecule has 8 heteroatoms. The van der Waals surface area contributed by atoms with Gasteiger partial charge in [0, 0.05) is 11.4 Å². The molecule has 0 heterocycles. The van der Waals surface area contributed by atoms with Crippen LogP contribution in [-0.4, -0.2) is 28.1 Å². The van der Waals surface area contributed by atoms with E-state index in [0.717, 1.165) is 16.7 Å². The van der Waals surface area contributed by atoms with Gasteiger partial charge in [-0.25, -0.2) is 4.79 Å². The summed E-state index contributed by atoms with van der Waals surface area (Å²) in [7, 11) is 0. The zero-order chi connectivity index (χ0) is 24.8. The predicted molar refractivity (Wildman–Crippen MR) is 135 cm³/mol. The van der Waals surface area contributed by atoms with E-state index in [4.69, 9.17) is 34.8 Å². The van der Waals surface area contributed by atoms with Gasteiger partial charge in [0.1, 0.15) is 6.04 Å². The van der Waals surface area contributed by atoms with Crippen molar-refractivity contribution in [2.75, 3.05) is 0 Å². The van der Waals surface area contributed by atoms with E-state index in [9.17, 15) is 19.8 Å². The second-order valence-corrected chi connectivity index (χ2v) is 9.35. The summed E-state index contributed by atoms with van der Waals surface area (Å²) in [5.74, 6) is -1.82. The van der Waals surface area contributed by atoms with Gasteiger partial charge in [-0.3, -0.25) is 4.79 Å². The largest absolute Gasteiger partial charge is 0.480 e. The van der Waals surface area contributed by atoms with Crippen molar-refractivity contribution in [3.8, 4) is 0 Å². The Bertz CT molecular complexity index is 1180. The van der Waals surface area contributed by atoms with Gasteiger partial charge in [-0.15, -0.1) is 0 Å². The summed E-state index contributed by atoms with van der Waals surface area (Å²) in [5.41, 5.74) is 3.24. The van der Waals surface area contributed by atoms with E-state index in [1.165, 1.54) is 0 Å². The minimum atomic E-state index is -1.16. The van der Waals surface area contributed by atoms with Crippen LogP contribution in [0.2, 0.25) is 15.1 Å². The minimum Gasteiger partial charge on any atom is -0.480 e. The van der Waals surface area contributed by atoms with Crippen LogP contribution in [0.15, 0.2) is 60.7 Å². The van der Waals surface area contributed by atoms with Gasteiger partial charge in [0.15, 0.2) is 0 Å². The van der Waals surface area contributed by atoms with Crippen LogP contribution in [0.3, 0.4) is 0 Å². The average Bonchev–Trinajstić information content (AvgIpc) is 2.76. The predicted octanol–water partition coefficient (Wildman–Crippen LogP) is 6.05. The zero-order valence-corrected chi connectivity index (χ0v) is 20.7. The molecule has 3 aromatic carbocycles. The molecule has 2 atom stereocenters. The Labute approximate surface area is 213 Å². The monoisotopic (exact) mass is 519 g/mol. The molecule has 5 nitrogen and oxygen atoms in total. The molecule has 0 fully saturated rings. The van der Waals surface area contributed by atoms with Crippen molar-refractivity contribution in [3.63, 3.8) is 0 Å². The van der Waals surface area contributed by atoms with Crippen LogP contribution in [0, 0.1) is 6.92 Å². The molecule has 0 spiro atoms. The van der Waals surface area contributed by atoms with E-state index in [1.807, 2.05) is 31.2 Å². The molecule has 34 heavy (non-hydrogen) atoms. The number of benzene rings is 3. The number of carboxylic acids is 1. The lowest BCUT2D eigenvalue weighted by molar-refractivity contribution is -0.139. The lowest BCUT2D eigenvalue weighted by atomic mass is 10.00. The maximum atomic E-state index is 12.9. The number of carbonyl (C=O) groups excluding carboxylic acids is 1. The third kappa shape index (κ3) is 6.97. The fraction of sp³-hybridized carbons (Fsp3) is 0.231. The highest BCUT2D eigenvalue weighted by Gasteiger charge is 2.24. The van der Waals surface area contributed by atoms with Crippen molar-refractivity contribution in [1.82, 2.24) is 5.32 Å². The van der Waals surface area contributed by atoms with Crippen LogP contribution in [0.1, 0.15) is 45.1 Å². The van der Waals surface area contributed by atoms with Gasteiger partial charge in [0.05, 0.1) is 21.7 Å². The minimum absolute atomic E-state index is 0.0120. The first-order valence-electron chi connectivity index (χ1n) is 10.6. The van der Waals surface area contributed by atoms with Crippen LogP contribution in [-0.2, 0) is 17.6 Å². The summed E-state index contributed by atoms with van der Waals surface area (Å²) in [6, 6.07) is 16.5. The van der Waals surface area contributed by atoms with Crippen molar-refractivity contribution >= 4 is 46.7 Å². The number of aliphatic hydroxyl groups excluding tert-OH is 1. The molecule has 3 rings (SSSR count). The lowest BCUT2D eigenvalue weighted by Gasteiger charge is -2.17. The van der Waals surface area contributed by atoms with Crippen LogP contribution in [0.4, 0.5) is 0 Å². The molecule has 1 amide bonds. The zero-order valence-electron chi connectivity index (χ0n) is 18.4. The second kappa shape index (κ2) is 11.7. The van der Waals surface area contributed by atoms with Crippen molar-refractivity contribution in [1.29, 1.82) is 0 Å². The Kier molecular flexibility index (Phi) is 8.97. The smallest absolute Gasteiger partial charge is 0.326 e. The van der Waals surface area contributed by atoms with Gasteiger partial charge in [0.25, 0.3) is 5.91 Å². The first kappa shape index (κ1) is 26.0. The van der Waals surface area contributed by atoms with Gasteiger partial charge in [0.2, 0.25) is 0 Å². The summed E-state index contributed by atoms with van der Waals surface area (Å²) in [6.45, 7) is 1.91. The summed E-state index contributed by atoms with van der Waals surface area (Å²) < 4.78 is 0. The molecule has 0 bridgehead atoms. The number of nitrogens with one attached hydrogen (secondary N) is 1. The highest BCUT2D eigenvalue weighted by atomic mass is 35.5. The van der Waals surface area contributed by atoms with Crippen molar-refractivity contribution < 1.29 is 19.8 Å². The van der Waals surface area contributed by atoms with Crippen LogP contribution in [0.25, 0.3) is 0 Å². The van der Waals surface area contributed by atoms with Gasteiger partial charge in [-0.05, 0) is 60.7 Å². The molecule has 0 aliphatic rings. The Morgan fingerprint density at radius 2 is 1.62 bits per heavy atom. The molecule has 0 saturated heterocycles. The van der Waals surface area contributed by atoms with E-state index in [0.29, 0.717) is 23.4 Å². The normalized spacial score (nSPS) is 12.7. The topological polar surface area (TPSA) is 86.6 Å². The summed E-state index contributed by atoms with van der Waals surface area (Å²) in [5, 5.41) is 23.3. The van der Waals surface area contributed by atoms with Crippen LogP contribution >= 0.6 is 34.8 Å². The molecular weight excluding hydrogens is 497 g/mol. The maximum Gasteiger partial charge on any atom is 0.326 e. The van der Waals surface area contributed by atoms with E-state index in [1.54, 1.807) is 36.4 Å². The van der Waals surface area contributed by atoms with E-state index < -0.39 is 24.0 Å². The molecule has 0 aromatic heterocycles. The number of carbonyl (C=O) groups is 2. The molecule has 0 radical (unpaired) electrons. The highest BCUT2D eigenvalue weighted by molar-refractivity contribution is 6.39. The number of hydrogen-bond acceptors (Lipinski definition) is 3. The van der Waals surface area contributed by atoms with E-state index >= 15 is 0 Å². The summed E-state index contributed by atoms with van der Waals surface area (Å²) >= 11 is 18.7. The molecule has 0 aliphatic heterocycles. The molecule has 0 aliphatic carbocycles. The van der Waals surface area contributed by atoms with Gasteiger partial charge < -0.3 is 15.5 Å². The van der Waals surface area contributed by atoms with E-state index in [2.05, 4.69) is 5.32 Å². The van der Waals surface area contributed by atoms with Crippen molar-refractivity contribution in [3.05, 3.63) is 104 Å². The SMILES string of the molecule is Cc1cccc(C[C@H](NC(=O)c2c(Cl)cc(CCC(O)c3cccc(Cl)c3)cc2Cl)C(=O)O)c1. The fourth-order valence-electron chi connectivity index (χ4n) is 3.68.